The summed E-state index contributed by atoms with van der Waals surface area (Å²) in [6, 6.07) is 10.2. The van der Waals surface area contributed by atoms with Crippen LogP contribution in [0.5, 0.6) is 5.75 Å². The molecule has 6 nitrogen and oxygen atoms in total. The summed E-state index contributed by atoms with van der Waals surface area (Å²) in [5.74, 6) is 0.173. The largest absolute Gasteiger partial charge is 0.490 e. The topological polar surface area (TPSA) is 39.3 Å². The maximum absolute atomic E-state index is 13.7. The van der Waals surface area contributed by atoms with E-state index in [2.05, 4.69) is 23.6 Å². The second-order valence-electron chi connectivity index (χ2n) is 10.8. The molecule has 2 aliphatic rings. The number of benzene rings is 2. The molecule has 0 aliphatic carbocycles. The highest BCUT2D eigenvalue weighted by Crippen LogP contribution is 2.39. The number of carbonyl (C=O) groups is 1. The first-order valence-corrected chi connectivity index (χ1v) is 15.0. The minimum Gasteiger partial charge on any atom is -0.490 e. The summed E-state index contributed by atoms with van der Waals surface area (Å²) in [6.07, 6.45) is -4.78. The monoisotopic (exact) mass is 614 g/mol. The van der Waals surface area contributed by atoms with Crippen LogP contribution in [0.4, 0.5) is 18.0 Å². The third kappa shape index (κ3) is 8.00. The van der Waals surface area contributed by atoms with E-state index in [1.807, 2.05) is 28.9 Å². The number of likely N-dealkylation sites (N-methyl/N-ethyl adjacent to an activating group) is 1. The average Bonchev–Trinajstić information content (AvgIpc) is 3.41. The fourth-order valence-corrected chi connectivity index (χ4v) is 6.07. The molecule has 4 rings (SSSR count). The third-order valence-electron chi connectivity index (χ3n) is 8.38. The van der Waals surface area contributed by atoms with Gasteiger partial charge in [0.2, 0.25) is 0 Å². The van der Waals surface area contributed by atoms with Crippen LogP contribution in [0.15, 0.2) is 42.5 Å². The first-order chi connectivity index (χ1) is 19.5. The molecule has 226 valence electrons. The molecule has 0 saturated carbocycles. The van der Waals surface area contributed by atoms with Gasteiger partial charge in [-0.2, -0.15) is 13.2 Å². The number of carbonyl (C=O) groups excluding carboxylic acids is 1. The third-order valence-corrected chi connectivity index (χ3v) is 9.12. The predicted octanol–water partition coefficient (Wildman–Crippen LogP) is 6.57. The highest BCUT2D eigenvalue weighted by Gasteiger charge is 2.42. The number of amides is 2. The number of hydrogen-bond donors (Lipinski definition) is 0. The molecule has 2 aromatic carbocycles. The molecule has 0 N–H and O–H groups in total. The standard InChI is InChI=1S/C30H39Cl2F3N4O2/c1-4-36(5-2)12-13-37-14-16-38(17-15-37)29(40)39-19-25(26(20-39)22-6-11-27(31)28(32)18-22)21(3)41-24-9-7-23(8-10-24)30(33,34)35/h6-11,18,21,25-26H,4-5,12-17,19-20H2,1-3H3. The Bertz CT molecular complexity index is 1160. The molecule has 0 bridgehead atoms. The average molecular weight is 616 g/mol. The Kier molecular flexibility index (Phi) is 10.7. The lowest BCUT2D eigenvalue weighted by atomic mass is 9.85. The number of rotatable bonds is 9. The summed E-state index contributed by atoms with van der Waals surface area (Å²) in [4.78, 5) is 22.3. The van der Waals surface area contributed by atoms with Crippen molar-refractivity contribution >= 4 is 29.2 Å². The van der Waals surface area contributed by atoms with Crippen molar-refractivity contribution in [3.63, 3.8) is 0 Å². The first-order valence-electron chi connectivity index (χ1n) is 14.3. The molecule has 0 spiro atoms. The number of hydrogen-bond acceptors (Lipinski definition) is 4. The number of urea groups is 1. The Labute approximate surface area is 250 Å². The van der Waals surface area contributed by atoms with Gasteiger partial charge in [-0.25, -0.2) is 4.79 Å². The summed E-state index contributed by atoms with van der Waals surface area (Å²) in [6.45, 7) is 14.3. The summed E-state index contributed by atoms with van der Waals surface area (Å²) >= 11 is 12.5. The van der Waals surface area contributed by atoms with Crippen molar-refractivity contribution in [1.29, 1.82) is 0 Å². The van der Waals surface area contributed by atoms with Crippen LogP contribution in [0.1, 0.15) is 37.8 Å². The molecule has 2 amide bonds. The Balaban J connectivity index is 1.44. The maximum Gasteiger partial charge on any atom is 0.416 e. The van der Waals surface area contributed by atoms with Gasteiger partial charge in [-0.3, -0.25) is 4.90 Å². The molecule has 2 aliphatic heterocycles. The number of likely N-dealkylation sites (tertiary alicyclic amines) is 1. The highest BCUT2D eigenvalue weighted by atomic mass is 35.5. The van der Waals surface area contributed by atoms with Gasteiger partial charge >= 0.3 is 12.2 Å². The Morgan fingerprint density at radius 2 is 1.63 bits per heavy atom. The predicted molar refractivity (Wildman–Crippen MR) is 157 cm³/mol. The first kappa shape index (κ1) is 31.7. The normalized spacial score (nSPS) is 21.0. The van der Waals surface area contributed by atoms with E-state index in [1.165, 1.54) is 12.1 Å². The van der Waals surface area contributed by atoms with Crippen LogP contribution in [-0.2, 0) is 6.18 Å². The summed E-state index contributed by atoms with van der Waals surface area (Å²) in [5.41, 5.74) is 0.223. The number of ether oxygens (including phenoxy) is 1. The van der Waals surface area contributed by atoms with Crippen LogP contribution in [-0.4, -0.2) is 97.2 Å². The van der Waals surface area contributed by atoms with E-state index in [-0.39, 0.29) is 24.0 Å². The van der Waals surface area contributed by atoms with Gasteiger partial charge in [0.15, 0.2) is 0 Å². The van der Waals surface area contributed by atoms with Crippen molar-refractivity contribution in [1.82, 2.24) is 19.6 Å². The molecule has 41 heavy (non-hydrogen) atoms. The fraction of sp³-hybridized carbons (Fsp3) is 0.567. The molecule has 2 aromatic rings. The zero-order valence-electron chi connectivity index (χ0n) is 23.8. The summed E-state index contributed by atoms with van der Waals surface area (Å²) < 4.78 is 45.2. The van der Waals surface area contributed by atoms with Gasteiger partial charge in [-0.15, -0.1) is 0 Å². The van der Waals surface area contributed by atoms with E-state index >= 15 is 0 Å². The lowest BCUT2D eigenvalue weighted by molar-refractivity contribution is -0.137. The number of nitrogens with zero attached hydrogens (tertiary/aromatic N) is 4. The van der Waals surface area contributed by atoms with Gasteiger partial charge in [0, 0.05) is 64.2 Å². The van der Waals surface area contributed by atoms with Gasteiger partial charge in [0.25, 0.3) is 0 Å². The minimum atomic E-state index is -4.41. The highest BCUT2D eigenvalue weighted by molar-refractivity contribution is 6.42. The van der Waals surface area contributed by atoms with E-state index in [9.17, 15) is 18.0 Å². The molecular formula is C30H39Cl2F3N4O2. The Morgan fingerprint density at radius 1 is 0.976 bits per heavy atom. The smallest absolute Gasteiger partial charge is 0.416 e. The Morgan fingerprint density at radius 3 is 2.22 bits per heavy atom. The van der Waals surface area contributed by atoms with Crippen LogP contribution in [0.3, 0.4) is 0 Å². The van der Waals surface area contributed by atoms with Gasteiger partial charge in [-0.05, 0) is 62.0 Å². The molecule has 3 unspecified atom stereocenters. The van der Waals surface area contributed by atoms with Crippen molar-refractivity contribution in [3.8, 4) is 5.75 Å². The van der Waals surface area contributed by atoms with E-state index in [0.29, 0.717) is 42.0 Å². The van der Waals surface area contributed by atoms with Crippen LogP contribution < -0.4 is 4.74 Å². The molecule has 2 fully saturated rings. The van der Waals surface area contributed by atoms with Crippen molar-refractivity contribution < 1.29 is 22.7 Å². The summed E-state index contributed by atoms with van der Waals surface area (Å²) in [5, 5.41) is 0.885. The van der Waals surface area contributed by atoms with Crippen molar-refractivity contribution in [2.45, 2.75) is 39.0 Å². The van der Waals surface area contributed by atoms with Crippen LogP contribution in [0, 0.1) is 5.92 Å². The molecular weight excluding hydrogens is 576 g/mol. The van der Waals surface area contributed by atoms with E-state index in [1.54, 1.807) is 6.07 Å². The lowest BCUT2D eigenvalue weighted by Gasteiger charge is -2.37. The minimum absolute atomic E-state index is 0.00248. The Hall–Kier alpha value is -2.20. The number of piperazine rings is 1. The zero-order valence-corrected chi connectivity index (χ0v) is 25.4. The number of halogens is 5. The summed E-state index contributed by atoms with van der Waals surface area (Å²) in [7, 11) is 0. The van der Waals surface area contributed by atoms with Gasteiger partial charge in [-0.1, -0.05) is 43.1 Å². The molecule has 0 aromatic heterocycles. The molecule has 0 radical (unpaired) electrons. The molecule has 11 heteroatoms. The molecule has 2 heterocycles. The van der Waals surface area contributed by atoms with Gasteiger partial charge in [0.1, 0.15) is 11.9 Å². The molecule has 3 atom stereocenters. The van der Waals surface area contributed by atoms with Crippen LogP contribution in [0.2, 0.25) is 10.0 Å². The van der Waals surface area contributed by atoms with Crippen molar-refractivity contribution in [2.24, 2.45) is 5.92 Å². The molecule has 2 saturated heterocycles. The van der Waals surface area contributed by atoms with Gasteiger partial charge < -0.3 is 19.4 Å². The quantitative estimate of drug-likeness (QED) is 0.320. The van der Waals surface area contributed by atoms with E-state index in [4.69, 9.17) is 27.9 Å². The SMILES string of the molecule is CCN(CC)CCN1CCN(C(=O)N2CC(c3ccc(Cl)c(Cl)c3)C(C(C)Oc3ccc(C(F)(F)F)cc3)C2)CC1. The fourth-order valence-electron chi connectivity index (χ4n) is 5.77. The van der Waals surface area contributed by atoms with Crippen LogP contribution >= 0.6 is 23.2 Å². The van der Waals surface area contributed by atoms with Crippen molar-refractivity contribution in [3.05, 3.63) is 63.6 Å². The second-order valence-corrected chi connectivity index (χ2v) is 11.6. The number of alkyl halides is 3. The second kappa shape index (κ2) is 13.8. The lowest BCUT2D eigenvalue weighted by Crippen LogP contribution is -2.53. The van der Waals surface area contributed by atoms with E-state index < -0.39 is 11.7 Å². The van der Waals surface area contributed by atoms with Crippen molar-refractivity contribution in [2.75, 3.05) is 65.4 Å². The van der Waals surface area contributed by atoms with Gasteiger partial charge in [0.05, 0.1) is 15.6 Å². The van der Waals surface area contributed by atoms with Crippen LogP contribution in [0.25, 0.3) is 0 Å². The maximum atomic E-state index is 13.7. The van der Waals surface area contributed by atoms with E-state index in [0.717, 1.165) is 57.0 Å². The zero-order chi connectivity index (χ0) is 29.7.